The van der Waals surface area contributed by atoms with Crippen LogP contribution in [0.2, 0.25) is 0 Å². The van der Waals surface area contributed by atoms with Crippen molar-refractivity contribution < 1.29 is 19.2 Å². The first-order chi connectivity index (χ1) is 14.7. The smallest absolute Gasteiger partial charge is 0.251 e. The molecule has 9 nitrogen and oxygen atoms in total. The van der Waals surface area contributed by atoms with Crippen molar-refractivity contribution >= 4 is 5.91 Å². The van der Waals surface area contributed by atoms with Crippen LogP contribution in [0.3, 0.4) is 0 Å². The molecule has 2 aliphatic rings. The molecule has 30 heavy (non-hydrogen) atoms. The summed E-state index contributed by atoms with van der Waals surface area (Å²) in [4.78, 5) is 14.3. The number of nitrogens with one attached hydrogen (secondary N) is 2. The van der Waals surface area contributed by atoms with Gasteiger partial charge in [-0.1, -0.05) is 6.07 Å². The number of quaternary nitrogens is 1. The molecular weight excluding hydrogens is 384 g/mol. The van der Waals surface area contributed by atoms with Crippen LogP contribution < -0.4 is 15.0 Å². The standard InChI is InChI=1S/C21H30N6O3/c1-29-10-9-27-20(23-24-25-27)14-26-17-6-4-7-18(26)13-16(12-17)22-21(28)15-5-3-8-19(11-15)30-2/h3,5,8,11,16-18H,4,6-7,9-10,12-14H2,1-2H3,(H,22,28)/p+1/t16?,17-,18+. The zero-order chi connectivity index (χ0) is 20.9. The van der Waals surface area contributed by atoms with Gasteiger partial charge in [-0.3, -0.25) is 4.79 Å². The Morgan fingerprint density at radius 2 is 2.07 bits per heavy atom. The summed E-state index contributed by atoms with van der Waals surface area (Å²) in [6, 6.07) is 8.55. The fourth-order valence-corrected chi connectivity index (χ4v) is 4.96. The maximum absolute atomic E-state index is 12.8. The number of carbonyl (C=O) groups excluding carboxylic acids is 1. The van der Waals surface area contributed by atoms with E-state index in [1.165, 1.54) is 19.3 Å². The van der Waals surface area contributed by atoms with Gasteiger partial charge >= 0.3 is 0 Å². The fourth-order valence-electron chi connectivity index (χ4n) is 4.96. The molecule has 2 aromatic rings. The number of rotatable bonds is 8. The third kappa shape index (κ3) is 4.62. The highest BCUT2D eigenvalue weighted by atomic mass is 16.5. The van der Waals surface area contributed by atoms with Crippen molar-refractivity contribution in [1.82, 2.24) is 25.5 Å². The van der Waals surface area contributed by atoms with E-state index in [1.807, 2.05) is 22.9 Å². The highest BCUT2D eigenvalue weighted by Crippen LogP contribution is 2.23. The SMILES string of the molecule is COCCn1nnnc1C[NH+]1[C@@H]2CCC[C@H]1CC(NC(=O)c1cccc(OC)c1)C2. The number of nitrogens with zero attached hydrogens (tertiary/aromatic N) is 4. The van der Waals surface area contributed by atoms with Gasteiger partial charge in [-0.05, 0) is 47.9 Å². The molecule has 3 heterocycles. The van der Waals surface area contributed by atoms with Gasteiger partial charge in [-0.25, -0.2) is 4.68 Å². The van der Waals surface area contributed by atoms with Crippen LogP contribution in [0.25, 0.3) is 0 Å². The van der Waals surface area contributed by atoms with Gasteiger partial charge in [0.1, 0.15) is 12.3 Å². The molecule has 2 fully saturated rings. The molecule has 0 saturated carbocycles. The van der Waals surface area contributed by atoms with E-state index in [0.29, 0.717) is 36.5 Å². The van der Waals surface area contributed by atoms with Crippen molar-refractivity contribution in [1.29, 1.82) is 0 Å². The van der Waals surface area contributed by atoms with Gasteiger partial charge < -0.3 is 19.7 Å². The van der Waals surface area contributed by atoms with Crippen LogP contribution in [0.5, 0.6) is 5.75 Å². The number of ether oxygens (including phenoxy) is 2. The Bertz CT molecular complexity index is 843. The maximum atomic E-state index is 12.8. The molecule has 1 aromatic heterocycles. The number of fused-ring (bicyclic) bond motifs is 2. The topological polar surface area (TPSA) is 95.6 Å². The van der Waals surface area contributed by atoms with Gasteiger partial charge in [-0.2, -0.15) is 0 Å². The number of piperidine rings is 2. The van der Waals surface area contributed by atoms with Crippen molar-refractivity contribution in [3.63, 3.8) is 0 Å². The Balaban J connectivity index is 1.40. The minimum absolute atomic E-state index is 0.0241. The minimum Gasteiger partial charge on any atom is -0.497 e. The van der Waals surface area contributed by atoms with Gasteiger partial charge in [0.15, 0.2) is 0 Å². The molecule has 2 aliphatic heterocycles. The van der Waals surface area contributed by atoms with Crippen LogP contribution in [0.4, 0.5) is 0 Å². The number of carbonyl (C=O) groups is 1. The number of methoxy groups -OCH3 is 2. The number of aromatic nitrogens is 4. The van der Waals surface area contributed by atoms with Gasteiger partial charge in [0.05, 0.1) is 32.3 Å². The second-order valence-corrected chi connectivity index (χ2v) is 8.26. The molecule has 9 heteroatoms. The average Bonchev–Trinajstić information content (AvgIpc) is 3.19. The molecule has 2 saturated heterocycles. The Morgan fingerprint density at radius 3 is 2.80 bits per heavy atom. The van der Waals surface area contributed by atoms with Crippen LogP contribution in [-0.2, 0) is 17.8 Å². The third-order valence-corrected chi connectivity index (χ3v) is 6.43. The summed E-state index contributed by atoms with van der Waals surface area (Å²) in [5.41, 5.74) is 0.645. The van der Waals surface area contributed by atoms with Crippen LogP contribution in [0.1, 0.15) is 48.3 Å². The Labute approximate surface area is 176 Å². The van der Waals surface area contributed by atoms with E-state index in [4.69, 9.17) is 9.47 Å². The number of amides is 1. The molecule has 1 amide bonds. The lowest BCUT2D eigenvalue weighted by Gasteiger charge is -2.45. The third-order valence-electron chi connectivity index (χ3n) is 6.43. The number of hydrogen-bond acceptors (Lipinski definition) is 6. The van der Waals surface area contributed by atoms with Gasteiger partial charge in [0.2, 0.25) is 5.82 Å². The van der Waals surface area contributed by atoms with E-state index in [0.717, 1.165) is 25.2 Å². The molecular formula is C21H31N6O3+. The number of hydrogen-bond donors (Lipinski definition) is 2. The summed E-state index contributed by atoms with van der Waals surface area (Å²) in [6.45, 7) is 2.09. The highest BCUT2D eigenvalue weighted by molar-refractivity contribution is 5.94. The summed E-state index contributed by atoms with van der Waals surface area (Å²) in [6.07, 6.45) is 5.58. The first-order valence-electron chi connectivity index (χ1n) is 10.7. The Kier molecular flexibility index (Phi) is 6.59. The second-order valence-electron chi connectivity index (χ2n) is 8.26. The van der Waals surface area contributed by atoms with E-state index < -0.39 is 0 Å². The summed E-state index contributed by atoms with van der Waals surface area (Å²) in [5.74, 6) is 1.59. The van der Waals surface area contributed by atoms with Crippen LogP contribution in [-0.4, -0.2) is 65.1 Å². The molecule has 2 N–H and O–H groups in total. The number of tetrazole rings is 1. The number of benzene rings is 1. The largest absolute Gasteiger partial charge is 0.497 e. The Morgan fingerprint density at radius 1 is 1.27 bits per heavy atom. The summed E-state index contributed by atoms with van der Waals surface area (Å²) in [7, 11) is 3.30. The molecule has 162 valence electrons. The molecule has 4 rings (SSSR count). The van der Waals surface area contributed by atoms with Gasteiger partial charge in [0, 0.05) is 31.6 Å². The normalized spacial score (nSPS) is 25.7. The fraction of sp³-hybridized carbons (Fsp3) is 0.619. The van der Waals surface area contributed by atoms with E-state index in [1.54, 1.807) is 25.2 Å². The Hall–Kier alpha value is -2.52. The van der Waals surface area contributed by atoms with Gasteiger partial charge in [0.25, 0.3) is 5.91 Å². The molecule has 2 unspecified atom stereocenters. The molecule has 0 spiro atoms. The molecule has 0 radical (unpaired) electrons. The lowest BCUT2D eigenvalue weighted by atomic mass is 9.81. The zero-order valence-electron chi connectivity index (χ0n) is 17.7. The molecule has 2 bridgehead atoms. The van der Waals surface area contributed by atoms with Crippen molar-refractivity contribution in [2.75, 3.05) is 20.8 Å². The van der Waals surface area contributed by atoms with Crippen molar-refractivity contribution in [3.8, 4) is 5.75 Å². The predicted molar refractivity (Wildman–Crippen MR) is 109 cm³/mol. The molecule has 1 aromatic carbocycles. The lowest BCUT2D eigenvalue weighted by molar-refractivity contribution is -0.974. The van der Waals surface area contributed by atoms with E-state index in [-0.39, 0.29) is 11.9 Å². The van der Waals surface area contributed by atoms with E-state index >= 15 is 0 Å². The highest BCUT2D eigenvalue weighted by Gasteiger charge is 2.42. The van der Waals surface area contributed by atoms with Crippen LogP contribution in [0.15, 0.2) is 24.3 Å². The summed E-state index contributed by atoms with van der Waals surface area (Å²) >= 11 is 0. The van der Waals surface area contributed by atoms with E-state index in [2.05, 4.69) is 20.8 Å². The minimum atomic E-state index is -0.0241. The van der Waals surface area contributed by atoms with Crippen molar-refractivity contribution in [2.24, 2.45) is 0 Å². The predicted octanol–water partition coefficient (Wildman–Crippen LogP) is 0.227. The van der Waals surface area contributed by atoms with Gasteiger partial charge in [-0.15, -0.1) is 5.10 Å². The summed E-state index contributed by atoms with van der Waals surface area (Å²) < 4.78 is 12.3. The van der Waals surface area contributed by atoms with Crippen LogP contribution >= 0.6 is 0 Å². The van der Waals surface area contributed by atoms with Crippen molar-refractivity contribution in [3.05, 3.63) is 35.7 Å². The average molecular weight is 416 g/mol. The lowest BCUT2D eigenvalue weighted by Crippen LogP contribution is -3.20. The zero-order valence-corrected chi connectivity index (χ0v) is 17.7. The van der Waals surface area contributed by atoms with Crippen LogP contribution in [0, 0.1) is 0 Å². The summed E-state index contributed by atoms with van der Waals surface area (Å²) in [5, 5.41) is 15.5. The first kappa shape index (κ1) is 20.7. The van der Waals surface area contributed by atoms with Crippen molar-refractivity contribution in [2.45, 2.75) is 63.3 Å². The first-order valence-corrected chi connectivity index (χ1v) is 10.7. The monoisotopic (exact) mass is 415 g/mol. The molecule has 0 aliphatic carbocycles. The maximum Gasteiger partial charge on any atom is 0.251 e. The quantitative estimate of drug-likeness (QED) is 0.641. The molecule has 4 atom stereocenters. The van der Waals surface area contributed by atoms with E-state index in [9.17, 15) is 4.79 Å². The second kappa shape index (κ2) is 9.53.